The second-order valence-corrected chi connectivity index (χ2v) is 20.5. The molecule has 5 rings (SSSR count). The Labute approximate surface area is 297 Å². The standard InChI is InChI=1S/C14H23BNO3P.C14H17N2OP.C6H6BrN.2CH4/c1-13(2)14(3,4)19-15(18-13)10-7-8-11(16)12(9-10)20(5,6)17;1-10-4-5-12(9-16-10)11-6-7-13(15)14(8-11)18(2,3)17;1-5-2-3-6(7)4-8-5;;/h7-9H,16H2,1-6H3;4-9H,15H2,1-3H3;2-4H,1H3;2*1H4. The first-order valence-corrected chi connectivity index (χ1v) is 20.9. The first-order chi connectivity index (χ1) is 21.1. The van der Waals surface area contributed by atoms with Crippen LogP contribution < -0.4 is 27.5 Å². The number of anilines is 2. The first-order valence-electron chi connectivity index (χ1n) is 14.9. The lowest BCUT2D eigenvalue weighted by molar-refractivity contribution is 0.00578. The van der Waals surface area contributed by atoms with Crippen LogP contribution in [0.5, 0.6) is 0 Å². The number of halogens is 1. The SMILES string of the molecule is C.C.CC1(C)OB(c2ccc(N)c(P(C)(C)=O)c2)OC1(C)C.Cc1ccc(-c2ccc(N)c(P(C)(C)=O)c2)cn1.Cc1ccc(Br)cn1. The molecule has 8 nitrogen and oxygen atoms in total. The molecule has 2 aromatic carbocycles. The van der Waals surface area contributed by atoms with Crippen molar-refractivity contribution in [1.29, 1.82) is 0 Å². The molecule has 1 fully saturated rings. The number of benzene rings is 2. The van der Waals surface area contributed by atoms with Gasteiger partial charge in [-0.1, -0.05) is 33.1 Å². The monoisotopic (exact) mass is 758 g/mol. The zero-order valence-electron chi connectivity index (χ0n) is 28.5. The molecule has 0 radical (unpaired) electrons. The molecule has 1 saturated heterocycles. The Balaban J connectivity index is 0.000000380. The quantitative estimate of drug-likeness (QED) is 0.121. The molecule has 0 aliphatic carbocycles. The van der Waals surface area contributed by atoms with E-state index in [1.54, 1.807) is 38.9 Å². The third-order valence-electron chi connectivity index (χ3n) is 7.89. The summed E-state index contributed by atoms with van der Waals surface area (Å²) in [4.78, 5) is 8.30. The highest BCUT2D eigenvalue weighted by Crippen LogP contribution is 2.39. The first kappa shape index (κ1) is 43.3. The summed E-state index contributed by atoms with van der Waals surface area (Å²) in [7, 11) is -5.23. The van der Waals surface area contributed by atoms with E-state index >= 15 is 0 Å². The van der Waals surface area contributed by atoms with Crippen molar-refractivity contribution < 1.29 is 18.4 Å². The van der Waals surface area contributed by atoms with Crippen LogP contribution in [0.1, 0.15) is 53.9 Å². The lowest BCUT2D eigenvalue weighted by Gasteiger charge is -2.32. The molecule has 4 aromatic rings. The fourth-order valence-electron chi connectivity index (χ4n) is 4.43. The van der Waals surface area contributed by atoms with E-state index in [2.05, 4.69) is 25.9 Å². The summed E-state index contributed by atoms with van der Waals surface area (Å²) in [6, 6.07) is 19.0. The minimum Gasteiger partial charge on any atom is -0.399 e. The Kier molecular flexibility index (Phi) is 15.1. The van der Waals surface area contributed by atoms with Gasteiger partial charge in [-0.05, 0) is 138 Å². The van der Waals surface area contributed by atoms with Crippen molar-refractivity contribution >= 4 is 64.8 Å². The maximum absolute atomic E-state index is 12.3. The van der Waals surface area contributed by atoms with Crippen molar-refractivity contribution in [2.45, 2.75) is 67.6 Å². The highest BCUT2D eigenvalue weighted by Gasteiger charge is 2.51. The molecule has 0 bridgehead atoms. The summed E-state index contributed by atoms with van der Waals surface area (Å²) in [5.41, 5.74) is 17.1. The highest BCUT2D eigenvalue weighted by molar-refractivity contribution is 9.10. The molecule has 3 heterocycles. The van der Waals surface area contributed by atoms with Gasteiger partial charge < -0.3 is 29.9 Å². The van der Waals surface area contributed by atoms with E-state index in [-0.39, 0.29) is 26.1 Å². The van der Waals surface area contributed by atoms with Gasteiger partial charge in [0.15, 0.2) is 0 Å². The number of nitrogens with zero attached hydrogens (tertiary/aromatic N) is 2. The summed E-state index contributed by atoms with van der Waals surface area (Å²) >= 11 is 3.28. The van der Waals surface area contributed by atoms with Gasteiger partial charge in [-0.25, -0.2) is 0 Å². The van der Waals surface area contributed by atoms with Crippen LogP contribution in [-0.4, -0.2) is 54.9 Å². The number of aryl methyl sites for hydroxylation is 2. The van der Waals surface area contributed by atoms with E-state index < -0.39 is 21.4 Å². The number of aromatic nitrogens is 2. The van der Waals surface area contributed by atoms with Crippen molar-refractivity contribution in [3.8, 4) is 11.1 Å². The summed E-state index contributed by atoms with van der Waals surface area (Å²) in [5, 5.41) is 1.42. The number of rotatable bonds is 4. The van der Waals surface area contributed by atoms with Crippen LogP contribution in [-0.2, 0) is 18.4 Å². The Morgan fingerprint density at radius 2 is 1.10 bits per heavy atom. The van der Waals surface area contributed by atoms with Gasteiger partial charge in [-0.2, -0.15) is 0 Å². The zero-order chi connectivity index (χ0) is 34.7. The predicted octanol–water partition coefficient (Wildman–Crippen LogP) is 8.13. The number of nitrogen functional groups attached to an aromatic ring is 2. The van der Waals surface area contributed by atoms with Crippen LogP contribution in [0.15, 0.2) is 77.5 Å². The molecule has 0 unspecified atom stereocenters. The molecule has 0 saturated carbocycles. The Hall–Kier alpha value is -2.74. The Morgan fingerprint density at radius 3 is 1.52 bits per heavy atom. The number of nitrogens with two attached hydrogens (primary N) is 2. The lowest BCUT2D eigenvalue weighted by atomic mass is 9.79. The maximum Gasteiger partial charge on any atom is 0.494 e. The normalized spacial score (nSPS) is 14.7. The van der Waals surface area contributed by atoms with Gasteiger partial charge >= 0.3 is 7.12 Å². The van der Waals surface area contributed by atoms with E-state index in [4.69, 9.17) is 20.8 Å². The van der Waals surface area contributed by atoms with E-state index in [0.29, 0.717) is 16.7 Å². The summed E-state index contributed by atoms with van der Waals surface area (Å²) in [5.74, 6) is 0. The molecule has 0 amide bonds. The van der Waals surface area contributed by atoms with Gasteiger partial charge in [-0.15, -0.1) is 0 Å². The number of hydrogen-bond donors (Lipinski definition) is 2. The van der Waals surface area contributed by atoms with Gasteiger partial charge in [0.2, 0.25) is 0 Å². The van der Waals surface area contributed by atoms with Crippen LogP contribution in [0.4, 0.5) is 11.4 Å². The Bertz CT molecular complexity index is 1720. The van der Waals surface area contributed by atoms with Crippen LogP contribution in [0.2, 0.25) is 0 Å². The van der Waals surface area contributed by atoms with Crippen molar-refractivity contribution in [2.24, 2.45) is 0 Å². The van der Waals surface area contributed by atoms with E-state index in [9.17, 15) is 9.13 Å². The van der Waals surface area contributed by atoms with Crippen molar-refractivity contribution in [1.82, 2.24) is 9.97 Å². The van der Waals surface area contributed by atoms with E-state index in [1.165, 1.54) is 0 Å². The summed E-state index contributed by atoms with van der Waals surface area (Å²) in [6.07, 6.45) is 3.61. The number of hydrogen-bond acceptors (Lipinski definition) is 8. The van der Waals surface area contributed by atoms with Gasteiger partial charge in [0.1, 0.15) is 14.3 Å². The van der Waals surface area contributed by atoms with Gasteiger partial charge in [-0.3, -0.25) is 9.97 Å². The molecule has 12 heteroatoms. The number of pyridine rings is 2. The minimum atomic E-state index is -2.42. The van der Waals surface area contributed by atoms with Crippen molar-refractivity contribution in [2.75, 3.05) is 38.1 Å². The third-order valence-corrected chi connectivity index (χ3v) is 11.5. The molecule has 1 aliphatic heterocycles. The minimum absolute atomic E-state index is 0. The van der Waals surface area contributed by atoms with Crippen molar-refractivity contribution in [3.05, 3.63) is 88.9 Å². The predicted molar refractivity (Wildman–Crippen MR) is 214 cm³/mol. The van der Waals surface area contributed by atoms with E-state index in [0.717, 1.165) is 37.8 Å². The third kappa shape index (κ3) is 11.4. The zero-order valence-corrected chi connectivity index (χ0v) is 31.8. The molecule has 48 heavy (non-hydrogen) atoms. The van der Waals surface area contributed by atoms with Crippen LogP contribution in [0.25, 0.3) is 11.1 Å². The molecule has 4 N–H and O–H groups in total. The molecular weight excluding hydrogens is 705 g/mol. The van der Waals surface area contributed by atoms with Crippen LogP contribution in [0, 0.1) is 13.8 Å². The van der Waals surface area contributed by atoms with Crippen molar-refractivity contribution in [3.63, 3.8) is 0 Å². The fourth-order valence-corrected chi connectivity index (χ4v) is 6.97. The summed E-state index contributed by atoms with van der Waals surface area (Å²) < 4.78 is 37.5. The molecule has 2 aromatic heterocycles. The van der Waals surface area contributed by atoms with Gasteiger partial charge in [0.05, 0.1) is 11.2 Å². The molecule has 0 atom stereocenters. The molecule has 1 aliphatic rings. The van der Waals surface area contributed by atoms with Gasteiger partial charge in [0.25, 0.3) is 0 Å². The van der Waals surface area contributed by atoms with Crippen LogP contribution in [0.3, 0.4) is 0 Å². The highest BCUT2D eigenvalue weighted by atomic mass is 79.9. The second kappa shape index (κ2) is 16.8. The molecule has 0 spiro atoms. The molecular formula is C36H54BBrN4O4P2. The van der Waals surface area contributed by atoms with E-state index in [1.807, 2.05) is 102 Å². The van der Waals surface area contributed by atoms with Crippen LogP contribution >= 0.6 is 30.2 Å². The average Bonchev–Trinajstić information content (AvgIpc) is 3.17. The Morgan fingerprint density at radius 1 is 0.667 bits per heavy atom. The second-order valence-electron chi connectivity index (χ2n) is 13.2. The molecule has 262 valence electrons. The topological polar surface area (TPSA) is 130 Å². The lowest BCUT2D eigenvalue weighted by Crippen LogP contribution is -2.41. The van der Waals surface area contributed by atoms with Gasteiger partial charge in [0, 0.05) is 55.8 Å². The average molecular weight is 760 g/mol. The largest absolute Gasteiger partial charge is 0.494 e. The fraction of sp³-hybridized carbons (Fsp3) is 0.389. The summed E-state index contributed by atoms with van der Waals surface area (Å²) in [6.45, 7) is 18.8. The smallest absolute Gasteiger partial charge is 0.399 e. The maximum atomic E-state index is 12.3.